The zero-order valence-electron chi connectivity index (χ0n) is 9.74. The van der Waals surface area contributed by atoms with Crippen molar-refractivity contribution in [2.45, 2.75) is 19.3 Å². The van der Waals surface area contributed by atoms with E-state index in [9.17, 15) is 13.2 Å². The van der Waals surface area contributed by atoms with Gasteiger partial charge in [-0.3, -0.25) is 9.52 Å². The van der Waals surface area contributed by atoms with Gasteiger partial charge in [0.1, 0.15) is 0 Å². The SMILES string of the molecule is CS(=O)(=O)NC(=O)CCCc1ccc(Cl)c(Cl)c1. The quantitative estimate of drug-likeness (QED) is 0.908. The molecular formula is C11H13Cl2NO3S. The lowest BCUT2D eigenvalue weighted by molar-refractivity contribution is -0.119. The minimum atomic E-state index is -3.47. The van der Waals surface area contributed by atoms with Crippen molar-refractivity contribution in [3.63, 3.8) is 0 Å². The molecule has 0 fully saturated rings. The molecule has 0 aliphatic carbocycles. The lowest BCUT2D eigenvalue weighted by atomic mass is 10.1. The third-order valence-electron chi connectivity index (χ3n) is 2.15. The summed E-state index contributed by atoms with van der Waals surface area (Å²) in [5.41, 5.74) is 0.955. The fraction of sp³-hybridized carbons (Fsp3) is 0.364. The summed E-state index contributed by atoms with van der Waals surface area (Å²) in [6.07, 6.45) is 2.27. The van der Waals surface area contributed by atoms with Crippen LogP contribution in [-0.2, 0) is 21.2 Å². The zero-order chi connectivity index (χ0) is 13.8. The number of benzene rings is 1. The molecule has 0 radical (unpaired) electrons. The second-order valence-corrected chi connectivity index (χ2v) is 6.46. The van der Waals surface area contributed by atoms with E-state index in [-0.39, 0.29) is 6.42 Å². The monoisotopic (exact) mass is 309 g/mol. The van der Waals surface area contributed by atoms with E-state index in [0.29, 0.717) is 22.9 Å². The highest BCUT2D eigenvalue weighted by Gasteiger charge is 2.08. The Hall–Kier alpha value is -0.780. The van der Waals surface area contributed by atoms with E-state index < -0.39 is 15.9 Å². The summed E-state index contributed by atoms with van der Waals surface area (Å²) in [6.45, 7) is 0. The van der Waals surface area contributed by atoms with Gasteiger partial charge in [-0.1, -0.05) is 29.3 Å². The molecule has 100 valence electrons. The molecule has 0 saturated carbocycles. The maximum absolute atomic E-state index is 11.2. The average Bonchev–Trinajstić information content (AvgIpc) is 2.20. The molecule has 1 aromatic carbocycles. The van der Waals surface area contributed by atoms with Gasteiger partial charge in [-0.05, 0) is 30.5 Å². The number of carbonyl (C=O) groups excluding carboxylic acids is 1. The van der Waals surface area contributed by atoms with Gasteiger partial charge in [-0.2, -0.15) is 0 Å². The molecule has 0 bridgehead atoms. The van der Waals surface area contributed by atoms with E-state index in [1.54, 1.807) is 12.1 Å². The fourth-order valence-electron chi connectivity index (χ4n) is 1.41. The van der Waals surface area contributed by atoms with Gasteiger partial charge in [0.05, 0.1) is 16.3 Å². The Morgan fingerprint density at radius 3 is 2.50 bits per heavy atom. The van der Waals surface area contributed by atoms with Crippen LogP contribution in [0.4, 0.5) is 0 Å². The highest BCUT2D eigenvalue weighted by molar-refractivity contribution is 7.89. The summed E-state index contributed by atoms with van der Waals surface area (Å²) in [7, 11) is -3.47. The number of aryl methyl sites for hydroxylation is 1. The Bertz CT molecular complexity index is 543. The second-order valence-electron chi connectivity index (χ2n) is 3.90. The van der Waals surface area contributed by atoms with Crippen molar-refractivity contribution in [2.75, 3.05) is 6.26 Å². The van der Waals surface area contributed by atoms with Gasteiger partial charge >= 0.3 is 0 Å². The van der Waals surface area contributed by atoms with Crippen LogP contribution in [0.15, 0.2) is 18.2 Å². The molecule has 0 atom stereocenters. The van der Waals surface area contributed by atoms with Crippen molar-refractivity contribution in [1.82, 2.24) is 4.72 Å². The van der Waals surface area contributed by atoms with Gasteiger partial charge in [-0.15, -0.1) is 0 Å². The van der Waals surface area contributed by atoms with Crippen LogP contribution >= 0.6 is 23.2 Å². The molecule has 0 aromatic heterocycles. The molecule has 1 aromatic rings. The lowest BCUT2D eigenvalue weighted by Gasteiger charge is -2.04. The molecule has 0 aliphatic heterocycles. The summed E-state index contributed by atoms with van der Waals surface area (Å²) in [5, 5.41) is 0.949. The van der Waals surface area contributed by atoms with Gasteiger partial charge in [0, 0.05) is 6.42 Å². The third-order valence-corrected chi connectivity index (χ3v) is 3.49. The lowest BCUT2D eigenvalue weighted by Crippen LogP contribution is -2.29. The molecule has 1 amide bonds. The van der Waals surface area contributed by atoms with Crippen LogP contribution in [0.3, 0.4) is 0 Å². The highest BCUT2D eigenvalue weighted by atomic mass is 35.5. The van der Waals surface area contributed by atoms with Crippen LogP contribution in [0.25, 0.3) is 0 Å². The van der Waals surface area contributed by atoms with Crippen molar-refractivity contribution in [2.24, 2.45) is 0 Å². The Labute approximate surface area is 116 Å². The summed E-state index contributed by atoms with van der Waals surface area (Å²) < 4.78 is 23.5. The van der Waals surface area contributed by atoms with Crippen LogP contribution < -0.4 is 4.72 Å². The first kappa shape index (κ1) is 15.3. The summed E-state index contributed by atoms with van der Waals surface area (Å²) in [5.74, 6) is -0.502. The normalized spacial score (nSPS) is 11.3. The molecule has 0 unspecified atom stereocenters. The molecule has 0 heterocycles. The molecule has 1 rings (SSSR count). The van der Waals surface area contributed by atoms with E-state index in [2.05, 4.69) is 0 Å². The third kappa shape index (κ3) is 5.71. The van der Waals surface area contributed by atoms with E-state index >= 15 is 0 Å². The standard InChI is InChI=1S/C11H13Cl2NO3S/c1-18(16,17)14-11(15)4-2-3-8-5-6-9(12)10(13)7-8/h5-7H,2-4H2,1H3,(H,14,15). The Morgan fingerprint density at radius 1 is 1.28 bits per heavy atom. The van der Waals surface area contributed by atoms with Crippen LogP contribution in [-0.4, -0.2) is 20.6 Å². The Balaban J connectivity index is 2.42. The van der Waals surface area contributed by atoms with Gasteiger partial charge < -0.3 is 0 Å². The predicted molar refractivity (Wildman–Crippen MR) is 72.4 cm³/mol. The van der Waals surface area contributed by atoms with Crippen molar-refractivity contribution < 1.29 is 13.2 Å². The van der Waals surface area contributed by atoms with E-state index in [1.807, 2.05) is 10.8 Å². The van der Waals surface area contributed by atoms with Crippen LogP contribution in [0.5, 0.6) is 0 Å². The summed E-state index contributed by atoms with van der Waals surface area (Å²) in [6, 6.07) is 5.25. The maximum Gasteiger partial charge on any atom is 0.233 e. The molecule has 18 heavy (non-hydrogen) atoms. The fourth-order valence-corrected chi connectivity index (χ4v) is 2.24. The van der Waals surface area contributed by atoms with Gasteiger partial charge in [-0.25, -0.2) is 8.42 Å². The number of nitrogens with one attached hydrogen (secondary N) is 1. The number of halogens is 2. The first-order valence-corrected chi connectivity index (χ1v) is 7.87. The minimum absolute atomic E-state index is 0.146. The molecule has 1 N–H and O–H groups in total. The highest BCUT2D eigenvalue weighted by Crippen LogP contribution is 2.23. The molecule has 4 nitrogen and oxygen atoms in total. The predicted octanol–water partition coefficient (Wildman–Crippen LogP) is 2.39. The Morgan fingerprint density at radius 2 is 1.94 bits per heavy atom. The zero-order valence-corrected chi connectivity index (χ0v) is 12.1. The van der Waals surface area contributed by atoms with Gasteiger partial charge in [0.2, 0.25) is 15.9 Å². The van der Waals surface area contributed by atoms with Crippen molar-refractivity contribution in [1.29, 1.82) is 0 Å². The molecule has 0 spiro atoms. The first-order chi connectivity index (χ1) is 8.28. The van der Waals surface area contributed by atoms with E-state index in [0.717, 1.165) is 11.8 Å². The number of carbonyl (C=O) groups is 1. The second kappa shape index (κ2) is 6.41. The van der Waals surface area contributed by atoms with E-state index in [4.69, 9.17) is 23.2 Å². The van der Waals surface area contributed by atoms with E-state index in [1.165, 1.54) is 0 Å². The number of sulfonamides is 1. The van der Waals surface area contributed by atoms with Crippen LogP contribution in [0.1, 0.15) is 18.4 Å². The first-order valence-electron chi connectivity index (χ1n) is 5.22. The number of amides is 1. The van der Waals surface area contributed by atoms with Crippen LogP contribution in [0.2, 0.25) is 10.0 Å². The van der Waals surface area contributed by atoms with Gasteiger partial charge in [0.15, 0.2) is 0 Å². The average molecular weight is 310 g/mol. The summed E-state index contributed by atoms with van der Waals surface area (Å²) in [4.78, 5) is 11.2. The number of hydrogen-bond acceptors (Lipinski definition) is 3. The largest absolute Gasteiger partial charge is 0.274 e. The van der Waals surface area contributed by atoms with Crippen molar-refractivity contribution in [3.8, 4) is 0 Å². The van der Waals surface area contributed by atoms with Crippen molar-refractivity contribution >= 4 is 39.1 Å². The van der Waals surface area contributed by atoms with Gasteiger partial charge in [0.25, 0.3) is 0 Å². The summed E-state index contributed by atoms with van der Waals surface area (Å²) >= 11 is 11.6. The molecule has 0 saturated heterocycles. The molecule has 7 heteroatoms. The number of rotatable bonds is 5. The molecule has 0 aliphatic rings. The maximum atomic E-state index is 11.2. The van der Waals surface area contributed by atoms with Crippen LogP contribution in [0, 0.1) is 0 Å². The number of hydrogen-bond donors (Lipinski definition) is 1. The topological polar surface area (TPSA) is 63.2 Å². The molecular weight excluding hydrogens is 297 g/mol. The minimum Gasteiger partial charge on any atom is -0.274 e. The van der Waals surface area contributed by atoms with Crippen molar-refractivity contribution in [3.05, 3.63) is 33.8 Å². The smallest absolute Gasteiger partial charge is 0.233 e. The Kier molecular flexibility index (Phi) is 5.44.